The van der Waals surface area contributed by atoms with Gasteiger partial charge in [0.05, 0.1) is 0 Å². The van der Waals surface area contributed by atoms with Gasteiger partial charge in [-0.2, -0.15) is 0 Å². The summed E-state index contributed by atoms with van der Waals surface area (Å²) in [5.41, 5.74) is 0. The summed E-state index contributed by atoms with van der Waals surface area (Å²) in [5, 5.41) is 3.81. The van der Waals surface area contributed by atoms with Gasteiger partial charge in [-0.15, -0.1) is 12.1 Å². The van der Waals surface area contributed by atoms with Crippen LogP contribution in [0.2, 0.25) is 0 Å². The molecule has 0 N–H and O–H groups in total. The second-order valence-electron chi connectivity index (χ2n) is 4.78. The van der Waals surface area contributed by atoms with E-state index in [-0.39, 0.29) is 0 Å². The molecule has 0 aliphatic heterocycles. The van der Waals surface area contributed by atoms with Crippen LogP contribution in [0.1, 0.15) is 0 Å². The van der Waals surface area contributed by atoms with Crippen LogP contribution < -0.4 is 15.6 Å². The molecule has 20 heavy (non-hydrogen) atoms. The molecule has 97 valence electrons. The molecular weight excluding hydrogens is 276 g/mol. The number of rotatable bonds is 3. The molecule has 3 aromatic rings. The van der Waals surface area contributed by atoms with Crippen LogP contribution >= 0.6 is 12.1 Å². The average Bonchev–Trinajstić information content (AvgIpc) is 2.56. The van der Waals surface area contributed by atoms with Gasteiger partial charge in [0.25, 0.3) is 0 Å². The monoisotopic (exact) mass is 291 g/mol. The molecule has 0 spiro atoms. The predicted molar refractivity (Wildman–Crippen MR) is 91.6 cm³/mol. The molecule has 0 saturated carbocycles. The molecule has 0 aromatic heterocycles. The van der Waals surface area contributed by atoms with Gasteiger partial charge in [-0.25, -0.2) is 0 Å². The first-order valence-corrected chi connectivity index (χ1v) is 9.82. The lowest BCUT2D eigenvalue weighted by Crippen LogP contribution is -2.62. The molecule has 0 aliphatic rings. The number of benzene rings is 3. The highest BCUT2D eigenvalue weighted by Gasteiger charge is 2.36. The highest BCUT2D eigenvalue weighted by molar-refractivity contribution is 8.19. The van der Waals surface area contributed by atoms with E-state index >= 15 is 0 Å². The van der Waals surface area contributed by atoms with Crippen molar-refractivity contribution >= 4 is 34.9 Å². The van der Waals surface area contributed by atoms with Crippen molar-refractivity contribution in [3.63, 3.8) is 0 Å². The molecule has 3 rings (SSSR count). The van der Waals surface area contributed by atoms with Crippen molar-refractivity contribution in [2.45, 2.75) is 0 Å². The maximum Gasteiger partial charge on any atom is 0.221 e. The van der Waals surface area contributed by atoms with Crippen LogP contribution in [0.5, 0.6) is 0 Å². The number of hydrogen-bond acceptors (Lipinski definition) is 0. The molecule has 0 heterocycles. The molecule has 2 heteroatoms. The fourth-order valence-electron chi connectivity index (χ4n) is 2.52. The minimum Gasteiger partial charge on any atom is -0.109 e. The van der Waals surface area contributed by atoms with Crippen molar-refractivity contribution < 1.29 is 0 Å². The van der Waals surface area contributed by atoms with Gasteiger partial charge in [-0.1, -0.05) is 91.0 Å². The van der Waals surface area contributed by atoms with Gasteiger partial charge in [0.2, 0.25) is 7.22 Å². The lowest BCUT2D eigenvalue weighted by molar-refractivity contribution is 1.70. The molecular formula is C18H15SSi. The summed E-state index contributed by atoms with van der Waals surface area (Å²) >= 11 is 6.24. The van der Waals surface area contributed by atoms with E-state index < -0.39 is 7.22 Å². The molecule has 0 bridgehead atoms. The zero-order chi connectivity index (χ0) is 13.8. The van der Waals surface area contributed by atoms with Crippen LogP contribution in [0.3, 0.4) is 0 Å². The van der Waals surface area contributed by atoms with Crippen molar-refractivity contribution in [3.8, 4) is 0 Å². The van der Waals surface area contributed by atoms with E-state index in [4.69, 9.17) is 12.1 Å². The van der Waals surface area contributed by atoms with Gasteiger partial charge in [-0.05, 0) is 15.6 Å². The fraction of sp³-hybridized carbons (Fsp3) is 0. The van der Waals surface area contributed by atoms with Crippen LogP contribution in [0.4, 0.5) is 0 Å². The zero-order valence-electron chi connectivity index (χ0n) is 11.1. The Kier molecular flexibility index (Phi) is 3.76. The van der Waals surface area contributed by atoms with E-state index in [0.29, 0.717) is 0 Å². The Morgan fingerprint density at radius 1 is 0.450 bits per heavy atom. The minimum absolute atomic E-state index is 1.27. The standard InChI is InChI=1S/C18H15SSi/c19-20(16-10-4-1-5-11-16,17-12-6-2-7-13-17)18-14-8-3-9-15-18/h1-15H. The van der Waals surface area contributed by atoms with Crippen LogP contribution in [0, 0.1) is 0 Å². The van der Waals surface area contributed by atoms with E-state index in [1.54, 1.807) is 0 Å². The SMILES string of the molecule is [S][Si](c1ccccc1)(c1ccccc1)c1ccccc1. The Balaban J connectivity index is 2.24. The first kappa shape index (κ1) is 13.2. The zero-order valence-corrected chi connectivity index (χ0v) is 12.9. The Hall–Kier alpha value is -1.77. The fourth-order valence-corrected chi connectivity index (χ4v) is 6.73. The Bertz CT molecular complexity index is 569. The molecule has 0 fully saturated rings. The lowest BCUT2D eigenvalue weighted by atomic mass is 10.3. The van der Waals surface area contributed by atoms with Crippen LogP contribution in [-0.2, 0) is 0 Å². The van der Waals surface area contributed by atoms with Crippen molar-refractivity contribution in [2.24, 2.45) is 0 Å². The third kappa shape index (κ3) is 2.33. The lowest BCUT2D eigenvalue weighted by Gasteiger charge is -2.27. The first-order chi connectivity index (χ1) is 9.82. The molecule has 0 aliphatic carbocycles. The second-order valence-corrected chi connectivity index (χ2v) is 9.71. The summed E-state index contributed by atoms with van der Waals surface area (Å²) in [6, 6.07) is 31.6. The quantitative estimate of drug-likeness (QED) is 0.514. The Morgan fingerprint density at radius 2 is 0.700 bits per heavy atom. The summed E-state index contributed by atoms with van der Waals surface area (Å²) in [6.07, 6.45) is 0. The van der Waals surface area contributed by atoms with Gasteiger partial charge in [0, 0.05) is 0 Å². The van der Waals surface area contributed by atoms with Gasteiger partial charge < -0.3 is 0 Å². The molecule has 0 amide bonds. The van der Waals surface area contributed by atoms with Crippen LogP contribution in [0.15, 0.2) is 91.0 Å². The average molecular weight is 291 g/mol. The second kappa shape index (κ2) is 5.69. The van der Waals surface area contributed by atoms with Gasteiger partial charge in [0.1, 0.15) is 0 Å². The van der Waals surface area contributed by atoms with Crippen LogP contribution in [-0.4, -0.2) is 7.22 Å². The third-order valence-corrected chi connectivity index (χ3v) is 9.10. The highest BCUT2D eigenvalue weighted by Crippen LogP contribution is 2.10. The normalized spacial score (nSPS) is 11.2. The minimum atomic E-state index is -2.29. The van der Waals surface area contributed by atoms with Gasteiger partial charge in [-0.3, -0.25) is 0 Å². The van der Waals surface area contributed by atoms with E-state index in [1.807, 2.05) is 18.2 Å². The summed E-state index contributed by atoms with van der Waals surface area (Å²) in [7, 11) is -2.29. The van der Waals surface area contributed by atoms with E-state index in [1.165, 1.54) is 15.6 Å². The van der Waals surface area contributed by atoms with Crippen molar-refractivity contribution in [1.82, 2.24) is 0 Å². The van der Waals surface area contributed by atoms with Crippen LogP contribution in [0.25, 0.3) is 0 Å². The van der Waals surface area contributed by atoms with E-state index in [2.05, 4.69) is 72.8 Å². The summed E-state index contributed by atoms with van der Waals surface area (Å²) in [6.45, 7) is 0. The maximum absolute atomic E-state index is 6.24. The topological polar surface area (TPSA) is 0 Å². The van der Waals surface area contributed by atoms with E-state index in [9.17, 15) is 0 Å². The number of hydrogen-bond donors (Lipinski definition) is 0. The molecule has 0 saturated heterocycles. The maximum atomic E-state index is 6.24. The Morgan fingerprint density at radius 3 is 0.950 bits per heavy atom. The summed E-state index contributed by atoms with van der Waals surface area (Å²) in [5.74, 6) is 0. The molecule has 1 radical (unpaired) electrons. The van der Waals surface area contributed by atoms with Gasteiger partial charge >= 0.3 is 0 Å². The predicted octanol–water partition coefficient (Wildman–Crippen LogP) is 2.85. The Labute approximate surface area is 126 Å². The molecule has 0 nitrogen and oxygen atoms in total. The smallest absolute Gasteiger partial charge is 0.109 e. The molecule has 0 atom stereocenters. The highest BCUT2D eigenvalue weighted by atomic mass is 32.3. The first-order valence-electron chi connectivity index (χ1n) is 6.69. The van der Waals surface area contributed by atoms with Crippen molar-refractivity contribution in [2.75, 3.05) is 0 Å². The van der Waals surface area contributed by atoms with Crippen molar-refractivity contribution in [3.05, 3.63) is 91.0 Å². The van der Waals surface area contributed by atoms with Crippen molar-refractivity contribution in [1.29, 1.82) is 0 Å². The van der Waals surface area contributed by atoms with E-state index in [0.717, 1.165) is 0 Å². The molecule has 3 aromatic carbocycles. The summed E-state index contributed by atoms with van der Waals surface area (Å²) < 4.78 is 0. The third-order valence-electron chi connectivity index (χ3n) is 3.54. The molecule has 0 unspecified atom stereocenters. The largest absolute Gasteiger partial charge is 0.221 e. The van der Waals surface area contributed by atoms with Gasteiger partial charge in [0.15, 0.2) is 0 Å². The summed E-state index contributed by atoms with van der Waals surface area (Å²) in [4.78, 5) is 0.